The maximum absolute atomic E-state index is 6.04. The zero-order valence-corrected chi connectivity index (χ0v) is 13.1. The molecule has 0 aliphatic carbocycles. The molecule has 19 heavy (non-hydrogen) atoms. The Morgan fingerprint density at radius 1 is 1.26 bits per heavy atom. The van der Waals surface area contributed by atoms with Crippen LogP contribution >= 0.6 is 0 Å². The normalized spacial score (nSPS) is 36.6. The fourth-order valence-electron chi connectivity index (χ4n) is 3.25. The first kappa shape index (κ1) is 15.3. The van der Waals surface area contributed by atoms with Crippen molar-refractivity contribution in [1.29, 1.82) is 0 Å². The second-order valence-corrected chi connectivity index (χ2v) is 7.61. The lowest BCUT2D eigenvalue weighted by atomic mass is 9.76. The van der Waals surface area contributed by atoms with E-state index >= 15 is 0 Å². The van der Waals surface area contributed by atoms with Gasteiger partial charge in [-0.05, 0) is 59.8 Å². The minimum Gasteiger partial charge on any atom is -0.381 e. The van der Waals surface area contributed by atoms with Gasteiger partial charge in [-0.15, -0.1) is 0 Å². The molecule has 0 bridgehead atoms. The SMILES string of the molecule is CC1CCC(CC2(CNC(C)(C)C)CCCOC2)O1. The molecule has 0 saturated carbocycles. The molecule has 1 N–H and O–H groups in total. The smallest absolute Gasteiger partial charge is 0.0586 e. The predicted octanol–water partition coefficient (Wildman–Crippen LogP) is 3.13. The lowest BCUT2D eigenvalue weighted by Gasteiger charge is -2.41. The highest BCUT2D eigenvalue weighted by atomic mass is 16.5. The maximum atomic E-state index is 6.04. The van der Waals surface area contributed by atoms with Gasteiger partial charge in [0, 0.05) is 24.1 Å². The monoisotopic (exact) mass is 269 g/mol. The predicted molar refractivity (Wildman–Crippen MR) is 78.4 cm³/mol. The van der Waals surface area contributed by atoms with Gasteiger partial charge in [0.2, 0.25) is 0 Å². The quantitative estimate of drug-likeness (QED) is 0.850. The topological polar surface area (TPSA) is 30.5 Å². The number of nitrogens with one attached hydrogen (secondary N) is 1. The molecular weight excluding hydrogens is 238 g/mol. The van der Waals surface area contributed by atoms with Crippen molar-refractivity contribution in [1.82, 2.24) is 5.32 Å². The number of hydrogen-bond donors (Lipinski definition) is 1. The second kappa shape index (κ2) is 6.11. The van der Waals surface area contributed by atoms with Crippen LogP contribution in [-0.2, 0) is 9.47 Å². The van der Waals surface area contributed by atoms with E-state index in [0.29, 0.717) is 12.2 Å². The Morgan fingerprint density at radius 3 is 2.58 bits per heavy atom. The van der Waals surface area contributed by atoms with E-state index < -0.39 is 0 Å². The van der Waals surface area contributed by atoms with E-state index in [1.165, 1.54) is 25.7 Å². The Labute approximate surface area is 118 Å². The van der Waals surface area contributed by atoms with Crippen molar-refractivity contribution in [3.8, 4) is 0 Å². The highest BCUT2D eigenvalue weighted by Crippen LogP contribution is 2.37. The number of hydrogen-bond acceptors (Lipinski definition) is 3. The first-order chi connectivity index (χ1) is 8.89. The van der Waals surface area contributed by atoms with Gasteiger partial charge in [0.15, 0.2) is 0 Å². The van der Waals surface area contributed by atoms with Crippen molar-refractivity contribution >= 4 is 0 Å². The Hall–Kier alpha value is -0.120. The molecule has 0 aromatic carbocycles. The van der Waals surface area contributed by atoms with Gasteiger partial charge in [-0.2, -0.15) is 0 Å². The highest BCUT2D eigenvalue weighted by molar-refractivity contribution is 4.90. The summed E-state index contributed by atoms with van der Waals surface area (Å²) in [5.41, 5.74) is 0.453. The summed E-state index contributed by atoms with van der Waals surface area (Å²) in [4.78, 5) is 0. The Balaban J connectivity index is 1.93. The summed E-state index contributed by atoms with van der Waals surface area (Å²) in [5.74, 6) is 0. The van der Waals surface area contributed by atoms with Gasteiger partial charge in [0.1, 0.15) is 0 Å². The van der Waals surface area contributed by atoms with E-state index in [1.54, 1.807) is 0 Å². The van der Waals surface area contributed by atoms with Crippen LogP contribution < -0.4 is 5.32 Å². The fourth-order valence-corrected chi connectivity index (χ4v) is 3.25. The first-order valence-electron chi connectivity index (χ1n) is 7.87. The van der Waals surface area contributed by atoms with E-state index in [-0.39, 0.29) is 11.0 Å². The molecule has 0 spiro atoms. The molecule has 0 radical (unpaired) electrons. The molecule has 2 aliphatic rings. The molecule has 0 aromatic heterocycles. The Bertz CT molecular complexity index is 279. The van der Waals surface area contributed by atoms with E-state index in [2.05, 4.69) is 33.0 Å². The molecule has 3 nitrogen and oxygen atoms in total. The van der Waals surface area contributed by atoms with Gasteiger partial charge in [-0.25, -0.2) is 0 Å². The van der Waals surface area contributed by atoms with Crippen LogP contribution in [-0.4, -0.2) is 37.5 Å². The van der Waals surface area contributed by atoms with Gasteiger partial charge in [-0.3, -0.25) is 0 Å². The highest BCUT2D eigenvalue weighted by Gasteiger charge is 2.38. The van der Waals surface area contributed by atoms with Crippen LogP contribution in [0.2, 0.25) is 0 Å². The Morgan fingerprint density at radius 2 is 2.05 bits per heavy atom. The molecule has 3 atom stereocenters. The van der Waals surface area contributed by atoms with Crippen molar-refractivity contribution in [3.63, 3.8) is 0 Å². The number of ether oxygens (including phenoxy) is 2. The van der Waals surface area contributed by atoms with Crippen LogP contribution in [0.4, 0.5) is 0 Å². The van der Waals surface area contributed by atoms with Gasteiger partial charge < -0.3 is 14.8 Å². The average molecular weight is 269 g/mol. The fraction of sp³-hybridized carbons (Fsp3) is 1.00. The molecule has 0 aromatic rings. The van der Waals surface area contributed by atoms with E-state index in [4.69, 9.17) is 9.47 Å². The third-order valence-electron chi connectivity index (χ3n) is 4.38. The van der Waals surface area contributed by atoms with Crippen LogP contribution in [0, 0.1) is 5.41 Å². The van der Waals surface area contributed by atoms with E-state index in [9.17, 15) is 0 Å². The van der Waals surface area contributed by atoms with Crippen LogP contribution in [0.3, 0.4) is 0 Å². The van der Waals surface area contributed by atoms with Crippen LogP contribution in [0.25, 0.3) is 0 Å². The third-order valence-corrected chi connectivity index (χ3v) is 4.38. The second-order valence-electron chi connectivity index (χ2n) is 7.61. The summed E-state index contributed by atoms with van der Waals surface area (Å²) in [6, 6.07) is 0. The maximum Gasteiger partial charge on any atom is 0.0586 e. The summed E-state index contributed by atoms with van der Waals surface area (Å²) in [6.07, 6.45) is 6.94. The van der Waals surface area contributed by atoms with Crippen LogP contribution in [0.5, 0.6) is 0 Å². The minimum absolute atomic E-state index is 0.175. The summed E-state index contributed by atoms with van der Waals surface area (Å²) >= 11 is 0. The van der Waals surface area contributed by atoms with Crippen molar-refractivity contribution in [2.75, 3.05) is 19.8 Å². The summed E-state index contributed by atoms with van der Waals surface area (Å²) in [7, 11) is 0. The molecule has 2 saturated heterocycles. The molecule has 3 heteroatoms. The van der Waals surface area contributed by atoms with E-state index in [0.717, 1.165) is 26.2 Å². The molecule has 2 fully saturated rings. The molecule has 2 rings (SSSR count). The molecular formula is C16H31NO2. The average Bonchev–Trinajstić information content (AvgIpc) is 2.73. The van der Waals surface area contributed by atoms with Gasteiger partial charge in [-0.1, -0.05) is 0 Å². The summed E-state index contributed by atoms with van der Waals surface area (Å²) < 4.78 is 11.8. The molecule has 112 valence electrons. The minimum atomic E-state index is 0.175. The van der Waals surface area contributed by atoms with Gasteiger partial charge in [0.25, 0.3) is 0 Å². The molecule has 2 aliphatic heterocycles. The lowest BCUT2D eigenvalue weighted by Crippen LogP contribution is -2.48. The van der Waals surface area contributed by atoms with Crippen molar-refractivity contribution in [3.05, 3.63) is 0 Å². The van der Waals surface area contributed by atoms with Crippen LogP contribution in [0.1, 0.15) is 59.8 Å². The zero-order chi connectivity index (χ0) is 13.9. The standard InChI is InChI=1S/C16H31NO2/c1-13-6-7-14(19-13)10-16(8-5-9-18-12-16)11-17-15(2,3)4/h13-14,17H,5-12H2,1-4H3. The summed E-state index contributed by atoms with van der Waals surface area (Å²) in [6.45, 7) is 11.8. The number of rotatable bonds is 4. The van der Waals surface area contributed by atoms with Crippen molar-refractivity contribution < 1.29 is 9.47 Å². The molecule has 0 amide bonds. The van der Waals surface area contributed by atoms with Crippen molar-refractivity contribution in [2.45, 2.75) is 77.5 Å². The summed E-state index contributed by atoms with van der Waals surface area (Å²) in [5, 5.41) is 3.68. The molecule has 2 heterocycles. The van der Waals surface area contributed by atoms with E-state index in [1.807, 2.05) is 0 Å². The van der Waals surface area contributed by atoms with Crippen LogP contribution in [0.15, 0.2) is 0 Å². The Kier molecular flexibility index (Phi) is 4.91. The third kappa shape index (κ3) is 4.73. The molecule has 3 unspecified atom stereocenters. The first-order valence-corrected chi connectivity index (χ1v) is 7.87. The van der Waals surface area contributed by atoms with Crippen molar-refractivity contribution in [2.24, 2.45) is 5.41 Å². The zero-order valence-electron chi connectivity index (χ0n) is 13.1. The lowest BCUT2D eigenvalue weighted by molar-refractivity contribution is -0.0496. The largest absolute Gasteiger partial charge is 0.381 e. The van der Waals surface area contributed by atoms with Gasteiger partial charge >= 0.3 is 0 Å². The van der Waals surface area contributed by atoms with Gasteiger partial charge in [0.05, 0.1) is 18.8 Å².